The van der Waals surface area contributed by atoms with Gasteiger partial charge < -0.3 is 14.7 Å². The van der Waals surface area contributed by atoms with Gasteiger partial charge in [0.25, 0.3) is 0 Å². The van der Waals surface area contributed by atoms with Gasteiger partial charge in [0, 0.05) is 45.0 Å². The molecule has 2 heterocycles. The van der Waals surface area contributed by atoms with Gasteiger partial charge in [-0.2, -0.15) is 0 Å². The van der Waals surface area contributed by atoms with Crippen molar-refractivity contribution in [2.75, 3.05) is 14.7 Å². The molecule has 2 aliphatic heterocycles. The van der Waals surface area contributed by atoms with Gasteiger partial charge in [-0.05, 0) is 143 Å². The number of fused-ring (bicyclic) bond motifs is 4. The molecule has 2 aliphatic rings. The lowest BCUT2D eigenvalue weighted by Gasteiger charge is -2.50. The summed E-state index contributed by atoms with van der Waals surface area (Å²) in [6.07, 6.45) is 0. The third-order valence-corrected chi connectivity index (χ3v) is 13.5. The third kappa shape index (κ3) is 6.83. The molecule has 0 saturated carbocycles. The molecule has 0 spiro atoms. The molecule has 3 heteroatoms. The van der Waals surface area contributed by atoms with E-state index in [-0.39, 0.29) is 21.7 Å². The molecule has 0 N–H and O–H groups in total. The molecule has 7 aromatic carbocycles. The number of anilines is 9. The number of para-hydroxylation sites is 1. The summed E-state index contributed by atoms with van der Waals surface area (Å²) in [7, 11) is 0. The first-order valence-electron chi connectivity index (χ1n) is 22.0. The SMILES string of the molecule is Cc1ccc(N(c2ccc(C(C)(C)C)cc2)c2ccc3c(c2)C(C)(C)c2cc(N(c4ccc(C)cc4)c4ccc(C(C)(C)C)cc4)cc4c2N3c2ccccc2C4(C)C)cc1. The highest BCUT2D eigenvalue weighted by Gasteiger charge is 2.46. The fourth-order valence-corrected chi connectivity index (χ4v) is 9.66. The van der Waals surface area contributed by atoms with E-state index in [1.165, 1.54) is 67.3 Å². The fourth-order valence-electron chi connectivity index (χ4n) is 9.66. The first-order chi connectivity index (χ1) is 28.8. The molecule has 0 unspecified atom stereocenters. The van der Waals surface area contributed by atoms with Crippen molar-refractivity contribution in [2.45, 2.75) is 105 Å². The lowest BCUT2D eigenvalue weighted by Crippen LogP contribution is -2.38. The molecule has 308 valence electrons. The highest BCUT2D eigenvalue weighted by atomic mass is 15.2. The Morgan fingerprint density at radius 2 is 0.738 bits per heavy atom. The van der Waals surface area contributed by atoms with E-state index in [2.05, 4.69) is 249 Å². The van der Waals surface area contributed by atoms with E-state index in [4.69, 9.17) is 0 Å². The van der Waals surface area contributed by atoms with Crippen molar-refractivity contribution in [3.05, 3.63) is 196 Å². The van der Waals surface area contributed by atoms with Crippen molar-refractivity contribution in [1.29, 1.82) is 0 Å². The molecule has 0 amide bonds. The van der Waals surface area contributed by atoms with Crippen LogP contribution >= 0.6 is 0 Å². The fraction of sp³-hybridized carbons (Fsp3) is 0.276. The molecular weight excluding hydrogens is 739 g/mol. The number of hydrogen-bond donors (Lipinski definition) is 0. The summed E-state index contributed by atoms with van der Waals surface area (Å²) in [5.41, 5.74) is 20.7. The van der Waals surface area contributed by atoms with Crippen LogP contribution in [0, 0.1) is 13.8 Å². The standard InChI is InChI=1S/C58H61N3/c1-38-17-25-42(26-18-38)59(44-29-21-40(22-30-44)55(3,4)5)46-33-34-53-49(35-46)58(11,12)51-37-47(36-50-54(51)61(53)52-16-14-13-15-48(52)57(50,9)10)60(43-27-19-39(2)20-28-43)45-31-23-41(24-32-45)56(6,7)8/h13-37H,1-12H3. The summed E-state index contributed by atoms with van der Waals surface area (Å²) >= 11 is 0. The van der Waals surface area contributed by atoms with E-state index in [0.29, 0.717) is 0 Å². The van der Waals surface area contributed by atoms with Crippen molar-refractivity contribution in [2.24, 2.45) is 0 Å². The van der Waals surface area contributed by atoms with Crippen LogP contribution in [0.1, 0.15) is 114 Å². The average Bonchev–Trinajstić information content (AvgIpc) is 3.22. The van der Waals surface area contributed by atoms with Crippen molar-refractivity contribution in [3.63, 3.8) is 0 Å². The molecule has 0 radical (unpaired) electrons. The number of aryl methyl sites for hydroxylation is 2. The number of benzene rings is 7. The second-order valence-electron chi connectivity index (χ2n) is 20.6. The zero-order valence-corrected chi connectivity index (χ0v) is 38.3. The molecule has 0 fully saturated rings. The van der Waals surface area contributed by atoms with E-state index >= 15 is 0 Å². The Kier molecular flexibility index (Phi) is 9.44. The summed E-state index contributed by atoms with van der Waals surface area (Å²) in [5, 5.41) is 0. The second kappa shape index (κ2) is 14.3. The van der Waals surface area contributed by atoms with Crippen LogP contribution in [-0.2, 0) is 21.7 Å². The Hall–Kier alpha value is -6.06. The van der Waals surface area contributed by atoms with Gasteiger partial charge in [0.1, 0.15) is 0 Å². The third-order valence-electron chi connectivity index (χ3n) is 13.5. The van der Waals surface area contributed by atoms with Gasteiger partial charge in [0.2, 0.25) is 0 Å². The van der Waals surface area contributed by atoms with E-state index in [0.717, 1.165) is 28.4 Å². The Labute approximate surface area is 365 Å². The summed E-state index contributed by atoms with van der Waals surface area (Å²) in [6.45, 7) is 27.7. The van der Waals surface area contributed by atoms with Gasteiger partial charge in [-0.15, -0.1) is 0 Å². The highest BCUT2D eigenvalue weighted by molar-refractivity contribution is 5.96. The minimum Gasteiger partial charge on any atom is -0.310 e. The molecule has 0 aromatic heterocycles. The van der Waals surface area contributed by atoms with Gasteiger partial charge in [0.05, 0.1) is 17.1 Å². The first-order valence-corrected chi connectivity index (χ1v) is 22.0. The Bertz CT molecular complexity index is 2760. The van der Waals surface area contributed by atoms with Crippen LogP contribution in [0.3, 0.4) is 0 Å². The van der Waals surface area contributed by atoms with Gasteiger partial charge >= 0.3 is 0 Å². The molecule has 7 aromatic rings. The molecule has 0 aliphatic carbocycles. The molecule has 0 bridgehead atoms. The van der Waals surface area contributed by atoms with Crippen molar-refractivity contribution >= 4 is 51.2 Å². The molecular formula is C58H61N3. The van der Waals surface area contributed by atoms with Crippen LogP contribution in [0.5, 0.6) is 0 Å². The summed E-state index contributed by atoms with van der Waals surface area (Å²) < 4.78 is 0. The zero-order chi connectivity index (χ0) is 43.2. The molecule has 0 saturated heterocycles. The van der Waals surface area contributed by atoms with Crippen LogP contribution in [0.2, 0.25) is 0 Å². The molecule has 3 nitrogen and oxygen atoms in total. The van der Waals surface area contributed by atoms with Crippen LogP contribution in [0.15, 0.2) is 152 Å². The lowest BCUT2D eigenvalue weighted by atomic mass is 9.66. The predicted molar refractivity (Wildman–Crippen MR) is 262 cm³/mol. The second-order valence-corrected chi connectivity index (χ2v) is 20.6. The minimum atomic E-state index is -0.353. The molecule has 9 rings (SSSR count). The minimum absolute atomic E-state index is 0.0608. The predicted octanol–water partition coefficient (Wildman–Crippen LogP) is 16.6. The van der Waals surface area contributed by atoms with Crippen LogP contribution in [0.4, 0.5) is 51.2 Å². The van der Waals surface area contributed by atoms with E-state index < -0.39 is 0 Å². The Balaban J connectivity index is 1.28. The Morgan fingerprint density at radius 3 is 1.20 bits per heavy atom. The van der Waals surface area contributed by atoms with Gasteiger partial charge in [-0.25, -0.2) is 0 Å². The maximum atomic E-state index is 2.57. The van der Waals surface area contributed by atoms with Crippen LogP contribution in [-0.4, -0.2) is 0 Å². The maximum Gasteiger partial charge on any atom is 0.0545 e. The first kappa shape index (κ1) is 40.4. The number of nitrogens with zero attached hydrogens (tertiary/aromatic N) is 3. The highest BCUT2D eigenvalue weighted by Crippen LogP contribution is 2.62. The topological polar surface area (TPSA) is 9.72 Å². The Morgan fingerprint density at radius 1 is 0.377 bits per heavy atom. The van der Waals surface area contributed by atoms with Crippen LogP contribution < -0.4 is 14.7 Å². The van der Waals surface area contributed by atoms with Crippen LogP contribution in [0.25, 0.3) is 0 Å². The average molecular weight is 800 g/mol. The number of hydrogen-bond acceptors (Lipinski definition) is 3. The van der Waals surface area contributed by atoms with Crippen molar-refractivity contribution in [1.82, 2.24) is 0 Å². The van der Waals surface area contributed by atoms with Crippen molar-refractivity contribution in [3.8, 4) is 0 Å². The van der Waals surface area contributed by atoms with E-state index in [9.17, 15) is 0 Å². The van der Waals surface area contributed by atoms with Gasteiger partial charge in [-0.3, -0.25) is 0 Å². The van der Waals surface area contributed by atoms with E-state index in [1.807, 2.05) is 0 Å². The number of rotatable bonds is 6. The zero-order valence-electron chi connectivity index (χ0n) is 38.3. The summed E-state index contributed by atoms with van der Waals surface area (Å²) in [6, 6.07) is 57.5. The smallest absolute Gasteiger partial charge is 0.0545 e. The monoisotopic (exact) mass is 799 g/mol. The molecule has 61 heavy (non-hydrogen) atoms. The summed E-state index contributed by atoms with van der Waals surface area (Å²) in [4.78, 5) is 7.46. The van der Waals surface area contributed by atoms with E-state index in [1.54, 1.807) is 0 Å². The maximum absolute atomic E-state index is 2.57. The quantitative estimate of drug-likeness (QED) is 0.166. The van der Waals surface area contributed by atoms with Crippen molar-refractivity contribution < 1.29 is 0 Å². The van der Waals surface area contributed by atoms with Gasteiger partial charge in [-0.1, -0.05) is 147 Å². The summed E-state index contributed by atoms with van der Waals surface area (Å²) in [5.74, 6) is 0. The largest absolute Gasteiger partial charge is 0.310 e. The molecule has 0 atom stereocenters. The van der Waals surface area contributed by atoms with Gasteiger partial charge in [0.15, 0.2) is 0 Å². The lowest BCUT2D eigenvalue weighted by molar-refractivity contribution is 0.590. The normalized spacial score (nSPS) is 14.8.